The van der Waals surface area contributed by atoms with Gasteiger partial charge in [0, 0.05) is 0 Å². The molecule has 0 saturated heterocycles. The van der Waals surface area contributed by atoms with E-state index >= 15 is 0 Å². The van der Waals surface area contributed by atoms with Crippen molar-refractivity contribution in [3.63, 3.8) is 0 Å². The lowest BCUT2D eigenvalue weighted by atomic mass is 9.85. The molecule has 0 fully saturated rings. The van der Waals surface area contributed by atoms with Crippen LogP contribution < -0.4 is 0 Å². The highest BCUT2D eigenvalue weighted by Crippen LogP contribution is 2.24. The van der Waals surface area contributed by atoms with Crippen LogP contribution in [0.25, 0.3) is 0 Å². The van der Waals surface area contributed by atoms with Gasteiger partial charge in [-0.05, 0) is 70.1 Å². The van der Waals surface area contributed by atoms with Crippen molar-refractivity contribution in [2.24, 2.45) is 22.2 Å². The molecular formula is C31H50. The van der Waals surface area contributed by atoms with Crippen LogP contribution in [0, 0.1) is 22.2 Å². The fraction of sp³-hybridized carbons (Fsp3) is 0.613. The summed E-state index contributed by atoms with van der Waals surface area (Å²) in [5.41, 5.74) is 7.00. The third-order valence-corrected chi connectivity index (χ3v) is 4.86. The van der Waals surface area contributed by atoms with Gasteiger partial charge in [-0.2, -0.15) is 0 Å². The molecule has 0 unspecified atom stereocenters. The molecule has 0 nitrogen and oxygen atoms in total. The molecule has 0 saturated carbocycles. The Hall–Kier alpha value is -1.56. The summed E-state index contributed by atoms with van der Waals surface area (Å²) in [4.78, 5) is 0. The van der Waals surface area contributed by atoms with Crippen LogP contribution in [0.4, 0.5) is 0 Å². The van der Waals surface area contributed by atoms with Crippen LogP contribution in [0.1, 0.15) is 98.4 Å². The van der Waals surface area contributed by atoms with Crippen LogP contribution in [0.3, 0.4) is 0 Å². The van der Waals surface area contributed by atoms with Gasteiger partial charge in [-0.3, -0.25) is 0 Å². The molecule has 174 valence electrons. The molecule has 0 aliphatic carbocycles. The standard InChI is InChI=1S/C16H26.C15H24/c1-15(2,3)11-13-7-9-14(10-8-13)12-16(4,5)6;1-12(2)9-13-7-6-8-14(10-13)11-15(3,4)5/h7-10H,11-12H2,1-6H3;6-8,10,12H,9,11H2,1-5H3. The second-order valence-electron chi connectivity index (χ2n) is 13.4. The first kappa shape index (κ1) is 27.5. The third-order valence-electron chi connectivity index (χ3n) is 4.86. The van der Waals surface area contributed by atoms with Gasteiger partial charge in [-0.25, -0.2) is 0 Å². The summed E-state index contributed by atoms with van der Waals surface area (Å²) in [5, 5.41) is 0. The SMILES string of the molecule is CC(C)(C)Cc1ccc(CC(C)(C)C)cc1.CC(C)Cc1cccc(CC(C)(C)C)c1. The highest BCUT2D eigenvalue weighted by Gasteiger charge is 2.13. The van der Waals surface area contributed by atoms with Crippen molar-refractivity contribution in [3.05, 3.63) is 70.8 Å². The number of benzene rings is 2. The van der Waals surface area contributed by atoms with Crippen molar-refractivity contribution < 1.29 is 0 Å². The van der Waals surface area contributed by atoms with Crippen LogP contribution in [-0.2, 0) is 25.7 Å². The van der Waals surface area contributed by atoms with Crippen LogP contribution >= 0.6 is 0 Å². The summed E-state index contributed by atoms with van der Waals surface area (Å²) < 4.78 is 0. The van der Waals surface area contributed by atoms with E-state index in [2.05, 4.69) is 125 Å². The molecular weight excluding hydrogens is 372 g/mol. The summed E-state index contributed by atoms with van der Waals surface area (Å²) in [7, 11) is 0. The summed E-state index contributed by atoms with van der Waals surface area (Å²) in [6.07, 6.45) is 4.67. The van der Waals surface area contributed by atoms with E-state index in [1.807, 2.05) is 0 Å². The van der Waals surface area contributed by atoms with E-state index in [0.717, 1.165) is 18.8 Å². The van der Waals surface area contributed by atoms with E-state index in [1.165, 1.54) is 35.1 Å². The predicted molar refractivity (Wildman–Crippen MR) is 141 cm³/mol. The first-order valence-electron chi connectivity index (χ1n) is 12.2. The normalized spacial score (nSPS) is 12.5. The Kier molecular flexibility index (Phi) is 10.1. The Labute approximate surface area is 194 Å². The molecule has 2 rings (SSSR count). The predicted octanol–water partition coefficient (Wildman–Crippen LogP) is 9.34. The van der Waals surface area contributed by atoms with Gasteiger partial charge in [0.05, 0.1) is 0 Å². The Bertz CT molecular complexity index is 720. The minimum atomic E-state index is 0.380. The lowest BCUT2D eigenvalue weighted by Crippen LogP contribution is -2.10. The number of hydrogen-bond donors (Lipinski definition) is 0. The van der Waals surface area contributed by atoms with Crippen molar-refractivity contribution in [1.82, 2.24) is 0 Å². The van der Waals surface area contributed by atoms with Gasteiger partial charge >= 0.3 is 0 Å². The first-order chi connectivity index (χ1) is 14.0. The summed E-state index contributed by atoms with van der Waals surface area (Å²) >= 11 is 0. The average Bonchev–Trinajstić information content (AvgIpc) is 2.53. The molecule has 0 bridgehead atoms. The van der Waals surface area contributed by atoms with Gasteiger partial charge in [0.2, 0.25) is 0 Å². The Balaban J connectivity index is 0.000000311. The first-order valence-corrected chi connectivity index (χ1v) is 12.2. The topological polar surface area (TPSA) is 0 Å². The van der Waals surface area contributed by atoms with Crippen molar-refractivity contribution in [2.75, 3.05) is 0 Å². The van der Waals surface area contributed by atoms with E-state index in [0.29, 0.717) is 16.2 Å². The molecule has 0 radical (unpaired) electrons. The molecule has 0 aromatic heterocycles. The molecule has 0 atom stereocenters. The number of hydrogen-bond acceptors (Lipinski definition) is 0. The number of rotatable bonds is 5. The fourth-order valence-electron chi connectivity index (χ4n) is 3.95. The zero-order valence-corrected chi connectivity index (χ0v) is 22.5. The molecule has 2 aromatic carbocycles. The van der Waals surface area contributed by atoms with Gasteiger partial charge in [0.1, 0.15) is 0 Å². The van der Waals surface area contributed by atoms with Crippen molar-refractivity contribution >= 4 is 0 Å². The second kappa shape index (κ2) is 11.3. The summed E-state index contributed by atoms with van der Waals surface area (Å²) in [6.45, 7) is 25.2. The smallest absolute Gasteiger partial charge is 0.0230 e. The van der Waals surface area contributed by atoms with E-state index < -0.39 is 0 Å². The van der Waals surface area contributed by atoms with Crippen molar-refractivity contribution in [1.29, 1.82) is 0 Å². The van der Waals surface area contributed by atoms with Gasteiger partial charge in [0.15, 0.2) is 0 Å². The maximum absolute atomic E-state index is 2.37. The molecule has 31 heavy (non-hydrogen) atoms. The monoisotopic (exact) mass is 422 g/mol. The molecule has 0 N–H and O–H groups in total. The quantitative estimate of drug-likeness (QED) is 0.450. The zero-order chi connectivity index (χ0) is 23.9. The van der Waals surface area contributed by atoms with Crippen molar-refractivity contribution in [2.45, 2.75) is 102 Å². The third kappa shape index (κ3) is 14.2. The molecule has 0 heterocycles. The Morgan fingerprint density at radius 2 is 0.871 bits per heavy atom. The van der Waals surface area contributed by atoms with Crippen LogP contribution in [-0.4, -0.2) is 0 Å². The van der Waals surface area contributed by atoms with E-state index in [9.17, 15) is 0 Å². The Morgan fingerprint density at radius 3 is 1.23 bits per heavy atom. The molecule has 0 heteroatoms. The van der Waals surface area contributed by atoms with Gasteiger partial charge < -0.3 is 0 Å². The summed E-state index contributed by atoms with van der Waals surface area (Å²) in [6, 6.07) is 18.2. The van der Waals surface area contributed by atoms with E-state index in [-0.39, 0.29) is 0 Å². The minimum Gasteiger partial charge on any atom is -0.0625 e. The van der Waals surface area contributed by atoms with Gasteiger partial charge in [0.25, 0.3) is 0 Å². The summed E-state index contributed by atoms with van der Waals surface area (Å²) in [5.74, 6) is 0.745. The highest BCUT2D eigenvalue weighted by atomic mass is 14.2. The van der Waals surface area contributed by atoms with E-state index in [1.54, 1.807) is 0 Å². The van der Waals surface area contributed by atoms with Crippen molar-refractivity contribution in [3.8, 4) is 0 Å². The fourth-order valence-corrected chi connectivity index (χ4v) is 3.95. The lowest BCUT2D eigenvalue weighted by molar-refractivity contribution is 0.407. The molecule has 0 aliphatic heterocycles. The zero-order valence-electron chi connectivity index (χ0n) is 22.5. The van der Waals surface area contributed by atoms with Crippen LogP contribution in [0.5, 0.6) is 0 Å². The van der Waals surface area contributed by atoms with Crippen LogP contribution in [0.15, 0.2) is 48.5 Å². The minimum absolute atomic E-state index is 0.380. The maximum atomic E-state index is 2.37. The maximum Gasteiger partial charge on any atom is -0.0230 e. The molecule has 0 aliphatic rings. The lowest BCUT2D eigenvalue weighted by Gasteiger charge is -2.20. The highest BCUT2D eigenvalue weighted by molar-refractivity contribution is 5.25. The van der Waals surface area contributed by atoms with E-state index in [4.69, 9.17) is 0 Å². The van der Waals surface area contributed by atoms with Gasteiger partial charge in [-0.1, -0.05) is 125 Å². The largest absolute Gasteiger partial charge is 0.0625 e. The molecule has 0 spiro atoms. The molecule has 0 amide bonds. The second-order valence-corrected chi connectivity index (χ2v) is 13.4. The molecule has 2 aromatic rings. The average molecular weight is 423 g/mol. The van der Waals surface area contributed by atoms with Crippen LogP contribution in [0.2, 0.25) is 0 Å². The Morgan fingerprint density at radius 1 is 0.516 bits per heavy atom. The van der Waals surface area contributed by atoms with Gasteiger partial charge in [-0.15, -0.1) is 0 Å².